The van der Waals surface area contributed by atoms with E-state index in [1.54, 1.807) is 0 Å². The van der Waals surface area contributed by atoms with Crippen LogP contribution in [0, 0.1) is 0 Å². The summed E-state index contributed by atoms with van der Waals surface area (Å²) < 4.78 is 12.3. The van der Waals surface area contributed by atoms with Gasteiger partial charge in [-0.15, -0.1) is 20.4 Å². The van der Waals surface area contributed by atoms with Crippen molar-refractivity contribution in [3.8, 4) is 68.3 Å². The van der Waals surface area contributed by atoms with Crippen LogP contribution in [0.5, 0.6) is 0 Å². The summed E-state index contributed by atoms with van der Waals surface area (Å²) in [4.78, 5) is 15.5. The number of anilines is 6. The van der Waals surface area contributed by atoms with Crippen molar-refractivity contribution in [2.75, 3.05) is 9.80 Å². The minimum Gasteiger partial charge on any atom is -0.416 e. The van der Waals surface area contributed by atoms with Gasteiger partial charge in [0.1, 0.15) is 0 Å². The smallest absolute Gasteiger partial charge is 0.248 e. The molecule has 332 valence electrons. The molecule has 0 saturated heterocycles. The normalized spacial score (nSPS) is 11.1. The predicted molar refractivity (Wildman–Crippen MR) is 277 cm³/mol. The zero-order valence-corrected chi connectivity index (χ0v) is 37.5. The summed E-state index contributed by atoms with van der Waals surface area (Å²) >= 11 is 0. The number of benzene rings is 9. The highest BCUT2D eigenvalue weighted by molar-refractivity contribution is 5.98. The third-order valence-electron chi connectivity index (χ3n) is 12.0. The molecule has 10 nitrogen and oxygen atoms in total. The van der Waals surface area contributed by atoms with Gasteiger partial charge in [0.25, 0.3) is 0 Å². The number of hydrogen-bond acceptors (Lipinski definition) is 10. The molecule has 3 heterocycles. The third-order valence-corrected chi connectivity index (χ3v) is 12.0. The van der Waals surface area contributed by atoms with Gasteiger partial charge in [0.05, 0.1) is 33.8 Å². The minimum absolute atomic E-state index is 0.441. The number of hydrogen-bond donors (Lipinski definition) is 0. The molecule has 0 fully saturated rings. The summed E-state index contributed by atoms with van der Waals surface area (Å²) in [7, 11) is 0. The number of fused-ring (bicyclic) bond motifs is 1. The Labute approximate surface area is 403 Å². The largest absolute Gasteiger partial charge is 0.416 e. The van der Waals surface area contributed by atoms with Gasteiger partial charge in [0.2, 0.25) is 23.6 Å². The van der Waals surface area contributed by atoms with Crippen LogP contribution >= 0.6 is 0 Å². The topological polar surface area (TPSA) is 110 Å². The standard InChI is InChI=1S/C60H40N8O2/c1-5-19-41(20-6-1)57-63-65-59(69-57)43-33-37-47(38-34-43)67(45-23-9-3-10-24-45)53-31-17-13-27-49(53)55-56(62-52-30-16-15-29-51(52)61-55)50-28-14-18-32-54(50)68(46-25-11-4-12-26-46)48-39-35-44(36-40-48)60-66-64-58(70-60)42-21-7-2-8-22-42/h1-40H. The van der Waals surface area contributed by atoms with E-state index >= 15 is 0 Å². The van der Waals surface area contributed by atoms with Gasteiger partial charge in [-0.2, -0.15) is 0 Å². The van der Waals surface area contributed by atoms with Gasteiger partial charge < -0.3 is 18.6 Å². The van der Waals surface area contributed by atoms with Crippen LogP contribution in [-0.2, 0) is 0 Å². The van der Waals surface area contributed by atoms with E-state index in [0.29, 0.717) is 23.6 Å². The van der Waals surface area contributed by atoms with Crippen LogP contribution < -0.4 is 9.80 Å². The predicted octanol–water partition coefficient (Wildman–Crippen LogP) is 15.3. The first kappa shape index (κ1) is 41.6. The first-order valence-corrected chi connectivity index (χ1v) is 22.9. The van der Waals surface area contributed by atoms with Crippen molar-refractivity contribution < 1.29 is 8.83 Å². The maximum atomic E-state index is 6.15. The number of aromatic nitrogens is 6. The molecule has 0 amide bonds. The van der Waals surface area contributed by atoms with Crippen LogP contribution in [0.25, 0.3) is 79.4 Å². The summed E-state index contributed by atoms with van der Waals surface area (Å²) in [5, 5.41) is 17.5. The lowest BCUT2D eigenvalue weighted by Gasteiger charge is -2.29. The molecule has 0 aliphatic carbocycles. The van der Waals surface area contributed by atoms with E-state index in [1.807, 2.05) is 121 Å². The average Bonchev–Trinajstić information content (AvgIpc) is 4.15. The van der Waals surface area contributed by atoms with Gasteiger partial charge in [-0.25, -0.2) is 9.97 Å². The molecule has 0 aliphatic heterocycles. The average molecular weight is 905 g/mol. The molecule has 12 rings (SSSR count). The highest BCUT2D eigenvalue weighted by atomic mass is 16.4. The number of para-hydroxylation sites is 6. The Morgan fingerprint density at radius 2 is 0.543 bits per heavy atom. The Kier molecular flexibility index (Phi) is 11.0. The van der Waals surface area contributed by atoms with Crippen molar-refractivity contribution in [2.24, 2.45) is 0 Å². The molecular formula is C60H40N8O2. The number of rotatable bonds is 12. The summed E-state index contributed by atoms with van der Waals surface area (Å²) in [6.45, 7) is 0. The molecule has 0 unspecified atom stereocenters. The lowest BCUT2D eigenvalue weighted by Crippen LogP contribution is -2.13. The molecule has 9 aromatic carbocycles. The van der Waals surface area contributed by atoms with Crippen molar-refractivity contribution in [1.82, 2.24) is 30.4 Å². The van der Waals surface area contributed by atoms with Crippen molar-refractivity contribution in [3.63, 3.8) is 0 Å². The van der Waals surface area contributed by atoms with E-state index in [-0.39, 0.29) is 0 Å². The van der Waals surface area contributed by atoms with Gasteiger partial charge >= 0.3 is 0 Å². The molecule has 0 spiro atoms. The van der Waals surface area contributed by atoms with Crippen LogP contribution in [-0.4, -0.2) is 30.4 Å². The second kappa shape index (κ2) is 18.5. The molecule has 12 aromatic rings. The molecule has 0 radical (unpaired) electrons. The lowest BCUT2D eigenvalue weighted by molar-refractivity contribution is 0.584. The van der Waals surface area contributed by atoms with E-state index in [0.717, 1.165) is 89.9 Å². The van der Waals surface area contributed by atoms with Crippen molar-refractivity contribution in [1.29, 1.82) is 0 Å². The summed E-state index contributed by atoms with van der Waals surface area (Å²) in [5.41, 5.74) is 13.8. The Morgan fingerprint density at radius 3 is 0.914 bits per heavy atom. The third kappa shape index (κ3) is 8.11. The van der Waals surface area contributed by atoms with Gasteiger partial charge in [-0.3, -0.25) is 0 Å². The molecule has 0 saturated carbocycles. The molecule has 70 heavy (non-hydrogen) atoms. The Bertz CT molecular complexity index is 3470. The van der Waals surface area contributed by atoms with E-state index in [1.165, 1.54) is 0 Å². The fourth-order valence-electron chi connectivity index (χ4n) is 8.70. The van der Waals surface area contributed by atoms with Crippen LogP contribution in [0.15, 0.2) is 251 Å². The highest BCUT2D eigenvalue weighted by Crippen LogP contribution is 2.47. The fourth-order valence-corrected chi connectivity index (χ4v) is 8.70. The zero-order valence-electron chi connectivity index (χ0n) is 37.5. The van der Waals surface area contributed by atoms with Gasteiger partial charge in [-0.05, 0) is 121 Å². The molecule has 0 aliphatic rings. The summed E-state index contributed by atoms with van der Waals surface area (Å²) in [5.74, 6) is 1.82. The highest BCUT2D eigenvalue weighted by Gasteiger charge is 2.25. The van der Waals surface area contributed by atoms with E-state index in [9.17, 15) is 0 Å². The molecule has 3 aromatic heterocycles. The van der Waals surface area contributed by atoms with Crippen LogP contribution in [0.4, 0.5) is 34.1 Å². The number of nitrogens with zero attached hydrogens (tertiary/aromatic N) is 8. The molecular weight excluding hydrogens is 865 g/mol. The second-order valence-electron chi connectivity index (χ2n) is 16.4. The van der Waals surface area contributed by atoms with Crippen LogP contribution in [0.3, 0.4) is 0 Å². The second-order valence-corrected chi connectivity index (χ2v) is 16.4. The summed E-state index contributed by atoms with van der Waals surface area (Å²) in [6.07, 6.45) is 0. The molecule has 0 N–H and O–H groups in total. The zero-order chi connectivity index (χ0) is 46.6. The van der Waals surface area contributed by atoms with E-state index < -0.39 is 0 Å². The van der Waals surface area contributed by atoms with Crippen LogP contribution in [0.2, 0.25) is 0 Å². The van der Waals surface area contributed by atoms with Crippen molar-refractivity contribution in [2.45, 2.75) is 0 Å². The maximum Gasteiger partial charge on any atom is 0.248 e. The van der Waals surface area contributed by atoms with E-state index in [2.05, 4.69) is 152 Å². The fraction of sp³-hybridized carbons (Fsp3) is 0. The monoisotopic (exact) mass is 904 g/mol. The Morgan fingerprint density at radius 1 is 0.257 bits per heavy atom. The minimum atomic E-state index is 0.441. The molecule has 10 heteroatoms. The Balaban J connectivity index is 0.978. The lowest BCUT2D eigenvalue weighted by atomic mass is 9.98. The van der Waals surface area contributed by atoms with Crippen molar-refractivity contribution >= 4 is 45.2 Å². The maximum absolute atomic E-state index is 6.15. The molecule has 0 atom stereocenters. The van der Waals surface area contributed by atoms with Gasteiger partial charge in [0, 0.05) is 56.1 Å². The quantitative estimate of drug-likeness (QED) is 0.117. The first-order valence-electron chi connectivity index (χ1n) is 22.9. The van der Waals surface area contributed by atoms with Gasteiger partial charge in [-0.1, -0.05) is 121 Å². The van der Waals surface area contributed by atoms with Crippen molar-refractivity contribution in [3.05, 3.63) is 243 Å². The van der Waals surface area contributed by atoms with Crippen LogP contribution in [0.1, 0.15) is 0 Å². The van der Waals surface area contributed by atoms with E-state index in [4.69, 9.17) is 18.8 Å². The first-order chi connectivity index (χ1) is 34.7. The molecule has 0 bridgehead atoms. The van der Waals surface area contributed by atoms with Gasteiger partial charge in [0.15, 0.2) is 0 Å². The Hall–Kier alpha value is -9.80. The SMILES string of the molecule is c1ccc(-c2nnc(-c3ccc(N(c4ccccc4)c4ccccc4-c4nc5ccccc5nc4-c4ccccc4N(c4ccccc4)c4ccc(-c5nnc(-c6ccccc6)o5)cc4)cc3)o2)cc1. The summed E-state index contributed by atoms with van der Waals surface area (Å²) in [6, 6.07) is 81.5.